The molecule has 2 atom stereocenters. The first-order valence-electron chi connectivity index (χ1n) is 10.2. The van der Waals surface area contributed by atoms with Gasteiger partial charge in [-0.15, -0.1) is 0 Å². The van der Waals surface area contributed by atoms with Gasteiger partial charge in [-0.2, -0.15) is 0 Å². The number of rotatable bonds is 5. The lowest BCUT2D eigenvalue weighted by atomic mass is 9.78. The zero-order chi connectivity index (χ0) is 18.8. The Hall–Kier alpha value is -2.30. The molecule has 1 aromatic heterocycles. The van der Waals surface area contributed by atoms with Gasteiger partial charge in [0.1, 0.15) is 6.54 Å². The van der Waals surface area contributed by atoms with Gasteiger partial charge in [0, 0.05) is 36.1 Å². The minimum absolute atomic E-state index is 0.0513. The van der Waals surface area contributed by atoms with Crippen LogP contribution in [0.2, 0.25) is 0 Å². The van der Waals surface area contributed by atoms with Crippen LogP contribution in [0.3, 0.4) is 0 Å². The number of amides is 1. The second-order valence-electron chi connectivity index (χ2n) is 8.03. The van der Waals surface area contributed by atoms with Gasteiger partial charge >= 0.3 is 5.97 Å². The van der Waals surface area contributed by atoms with Crippen molar-refractivity contribution in [2.45, 2.75) is 64.0 Å². The van der Waals surface area contributed by atoms with Gasteiger partial charge in [-0.25, -0.2) is 0 Å². The Morgan fingerprint density at radius 3 is 2.70 bits per heavy atom. The molecule has 1 aliphatic carbocycles. The van der Waals surface area contributed by atoms with Crippen molar-refractivity contribution in [2.24, 2.45) is 5.92 Å². The second kappa shape index (κ2) is 7.75. The van der Waals surface area contributed by atoms with Gasteiger partial charge in [0.15, 0.2) is 0 Å². The monoisotopic (exact) mass is 368 g/mol. The van der Waals surface area contributed by atoms with E-state index < -0.39 is 5.97 Å². The van der Waals surface area contributed by atoms with Crippen LogP contribution in [-0.2, 0) is 22.6 Å². The number of hydrogen-bond donors (Lipinski definition) is 1. The summed E-state index contributed by atoms with van der Waals surface area (Å²) < 4.78 is 1.77. The zero-order valence-electron chi connectivity index (χ0n) is 15.8. The van der Waals surface area contributed by atoms with Gasteiger partial charge in [0.2, 0.25) is 5.91 Å². The molecule has 1 N–H and O–H groups in total. The molecule has 1 aliphatic heterocycles. The molecule has 2 aliphatic rings. The summed E-state index contributed by atoms with van der Waals surface area (Å²) in [4.78, 5) is 26.3. The maximum Gasteiger partial charge on any atom is 0.323 e. The molecular formula is C22H28N2O3. The van der Waals surface area contributed by atoms with Crippen LogP contribution in [0.15, 0.2) is 30.5 Å². The summed E-state index contributed by atoms with van der Waals surface area (Å²) in [5, 5.41) is 10.2. The Morgan fingerprint density at radius 2 is 1.85 bits per heavy atom. The van der Waals surface area contributed by atoms with Crippen molar-refractivity contribution in [1.29, 1.82) is 0 Å². The molecular weight excluding hydrogens is 340 g/mol. The molecule has 0 bridgehead atoms. The number of benzene rings is 1. The highest BCUT2D eigenvalue weighted by atomic mass is 16.4. The smallest absolute Gasteiger partial charge is 0.323 e. The fourth-order valence-corrected chi connectivity index (χ4v) is 5.12. The summed E-state index contributed by atoms with van der Waals surface area (Å²) in [5.74, 6) is 0.116. The number of carbonyl (C=O) groups is 2. The van der Waals surface area contributed by atoms with Crippen LogP contribution < -0.4 is 0 Å². The van der Waals surface area contributed by atoms with E-state index in [-0.39, 0.29) is 12.5 Å². The van der Waals surface area contributed by atoms with Crippen LogP contribution in [0, 0.1) is 5.92 Å². The Kier molecular flexibility index (Phi) is 5.19. The molecule has 144 valence electrons. The minimum atomic E-state index is -0.852. The maximum atomic E-state index is 13.0. The predicted octanol–water partition coefficient (Wildman–Crippen LogP) is 3.84. The van der Waals surface area contributed by atoms with E-state index in [2.05, 4.69) is 4.90 Å². The molecule has 0 radical (unpaired) electrons. The van der Waals surface area contributed by atoms with Crippen molar-refractivity contribution in [3.63, 3.8) is 0 Å². The number of para-hydroxylation sites is 1. The fraction of sp³-hybridized carbons (Fsp3) is 0.545. The number of fused-ring (bicyclic) bond motifs is 2. The molecule has 2 unspecified atom stereocenters. The number of aryl methyl sites for hydroxylation is 1. The fourth-order valence-electron chi connectivity index (χ4n) is 5.12. The quantitative estimate of drug-likeness (QED) is 0.872. The first-order chi connectivity index (χ1) is 13.1. The van der Waals surface area contributed by atoms with Crippen molar-refractivity contribution in [2.75, 3.05) is 6.54 Å². The third kappa shape index (κ3) is 3.73. The Morgan fingerprint density at radius 1 is 1.07 bits per heavy atom. The zero-order valence-corrected chi connectivity index (χ0v) is 15.8. The van der Waals surface area contributed by atoms with E-state index in [0.717, 1.165) is 35.9 Å². The van der Waals surface area contributed by atoms with Crippen LogP contribution in [0.25, 0.3) is 10.9 Å². The third-order valence-corrected chi connectivity index (χ3v) is 6.35. The molecule has 1 saturated carbocycles. The lowest BCUT2D eigenvalue weighted by Gasteiger charge is -2.44. The Balaban J connectivity index is 1.48. The SMILES string of the molecule is O=C(O)Cn1cc(CCC(=O)N2CCCC3CCCCC32)c2ccccc21. The Labute approximate surface area is 160 Å². The van der Waals surface area contributed by atoms with E-state index in [4.69, 9.17) is 5.11 Å². The van der Waals surface area contributed by atoms with Crippen LogP contribution >= 0.6 is 0 Å². The van der Waals surface area contributed by atoms with Crippen LogP contribution in [0.4, 0.5) is 0 Å². The Bertz CT molecular complexity index is 839. The normalized spacial score (nSPS) is 22.6. The lowest BCUT2D eigenvalue weighted by molar-refractivity contribution is -0.138. The first-order valence-corrected chi connectivity index (χ1v) is 10.2. The van der Waals surface area contributed by atoms with Crippen molar-refractivity contribution in [3.05, 3.63) is 36.0 Å². The number of carbonyl (C=O) groups excluding carboxylic acids is 1. The number of aliphatic carboxylic acids is 1. The van der Waals surface area contributed by atoms with Gasteiger partial charge in [0.25, 0.3) is 0 Å². The number of piperidine rings is 1. The average Bonchev–Trinajstić information content (AvgIpc) is 3.03. The summed E-state index contributed by atoms with van der Waals surface area (Å²) in [5.41, 5.74) is 1.99. The molecule has 5 nitrogen and oxygen atoms in total. The molecule has 0 spiro atoms. The number of carboxylic acids is 1. The first kappa shape index (κ1) is 18.1. The van der Waals surface area contributed by atoms with E-state index in [9.17, 15) is 9.59 Å². The summed E-state index contributed by atoms with van der Waals surface area (Å²) in [6.45, 7) is 0.852. The predicted molar refractivity (Wildman–Crippen MR) is 105 cm³/mol. The summed E-state index contributed by atoms with van der Waals surface area (Å²) in [7, 11) is 0. The molecule has 2 aromatic rings. The van der Waals surface area contributed by atoms with Gasteiger partial charge in [-0.3, -0.25) is 9.59 Å². The third-order valence-electron chi connectivity index (χ3n) is 6.35. The number of hydrogen-bond acceptors (Lipinski definition) is 2. The van der Waals surface area contributed by atoms with Crippen molar-refractivity contribution >= 4 is 22.8 Å². The minimum Gasteiger partial charge on any atom is -0.480 e. The van der Waals surface area contributed by atoms with Crippen molar-refractivity contribution < 1.29 is 14.7 Å². The van der Waals surface area contributed by atoms with Crippen LogP contribution in [-0.4, -0.2) is 39.0 Å². The highest BCUT2D eigenvalue weighted by Crippen LogP contribution is 2.35. The van der Waals surface area contributed by atoms with Gasteiger partial charge in [0.05, 0.1) is 0 Å². The molecule has 1 aromatic carbocycles. The van der Waals surface area contributed by atoms with Crippen molar-refractivity contribution in [1.82, 2.24) is 9.47 Å². The molecule has 1 amide bonds. The van der Waals surface area contributed by atoms with Gasteiger partial charge in [-0.1, -0.05) is 31.0 Å². The highest BCUT2D eigenvalue weighted by molar-refractivity contribution is 5.86. The van der Waals surface area contributed by atoms with Gasteiger partial charge in [-0.05, 0) is 49.7 Å². The number of nitrogens with zero attached hydrogens (tertiary/aromatic N) is 2. The standard InChI is InChI=1S/C22H28N2O3/c25-21(24-13-5-7-16-6-1-3-9-19(16)24)12-11-17-14-23(15-22(26)27)20-10-4-2-8-18(17)20/h2,4,8,10,14,16,19H,1,3,5-7,9,11-13,15H2,(H,26,27). The van der Waals surface area contributed by atoms with E-state index in [0.29, 0.717) is 24.8 Å². The largest absolute Gasteiger partial charge is 0.480 e. The second-order valence-corrected chi connectivity index (χ2v) is 8.03. The molecule has 4 rings (SSSR count). The number of likely N-dealkylation sites (tertiary alicyclic amines) is 1. The lowest BCUT2D eigenvalue weighted by Crippen LogP contribution is -2.49. The molecule has 27 heavy (non-hydrogen) atoms. The molecule has 2 fully saturated rings. The van der Waals surface area contributed by atoms with E-state index >= 15 is 0 Å². The molecule has 1 saturated heterocycles. The highest BCUT2D eigenvalue weighted by Gasteiger charge is 2.35. The van der Waals surface area contributed by atoms with Crippen LogP contribution in [0.1, 0.15) is 50.5 Å². The summed E-state index contributed by atoms with van der Waals surface area (Å²) >= 11 is 0. The van der Waals surface area contributed by atoms with Crippen LogP contribution in [0.5, 0.6) is 0 Å². The number of aromatic nitrogens is 1. The van der Waals surface area contributed by atoms with E-state index in [1.165, 1.54) is 25.7 Å². The molecule has 5 heteroatoms. The average molecular weight is 368 g/mol. The number of carboxylic acid groups (broad SMARTS) is 1. The van der Waals surface area contributed by atoms with Crippen molar-refractivity contribution in [3.8, 4) is 0 Å². The summed E-state index contributed by atoms with van der Waals surface area (Å²) in [6.07, 6.45) is 10.5. The summed E-state index contributed by atoms with van der Waals surface area (Å²) in [6, 6.07) is 8.31. The van der Waals surface area contributed by atoms with Gasteiger partial charge < -0.3 is 14.6 Å². The topological polar surface area (TPSA) is 62.5 Å². The maximum absolute atomic E-state index is 13.0. The molecule has 2 heterocycles. The van der Waals surface area contributed by atoms with E-state index in [1.807, 2.05) is 30.5 Å². The van der Waals surface area contributed by atoms with E-state index in [1.54, 1.807) is 4.57 Å².